The van der Waals surface area contributed by atoms with E-state index in [2.05, 4.69) is 5.32 Å². The molecule has 1 fully saturated rings. The van der Waals surface area contributed by atoms with Gasteiger partial charge in [0.15, 0.2) is 6.10 Å². The van der Waals surface area contributed by atoms with Crippen LogP contribution in [0.1, 0.15) is 49.8 Å². The van der Waals surface area contributed by atoms with E-state index in [0.717, 1.165) is 5.56 Å². The molecule has 1 aliphatic rings. The monoisotopic (exact) mass is 523 g/mol. The molecular weight excluding hydrogens is 496 g/mol. The maximum absolute atomic E-state index is 13.4. The van der Waals surface area contributed by atoms with Crippen molar-refractivity contribution in [3.05, 3.63) is 58.6 Å². The molecule has 1 aliphatic carbocycles. The molecule has 0 heterocycles. The first-order valence-corrected chi connectivity index (χ1v) is 11.9. The highest BCUT2D eigenvalue weighted by atomic mass is 35.5. The molecular formula is C25H28ClF6NO2. The molecule has 2 aromatic rings. The molecule has 35 heavy (non-hydrogen) atoms. The molecule has 0 saturated heterocycles. The van der Waals surface area contributed by atoms with Gasteiger partial charge in [-0.25, -0.2) is 0 Å². The van der Waals surface area contributed by atoms with Crippen molar-refractivity contribution in [1.29, 1.82) is 0 Å². The molecule has 0 amide bonds. The summed E-state index contributed by atoms with van der Waals surface area (Å²) in [6.45, 7) is 1.11. The molecule has 3 rings (SSSR count). The van der Waals surface area contributed by atoms with Crippen LogP contribution in [-0.2, 0) is 6.42 Å². The minimum absolute atomic E-state index is 0.00260. The maximum Gasteiger partial charge on any atom is 0.415 e. The van der Waals surface area contributed by atoms with Crippen molar-refractivity contribution >= 4 is 11.6 Å². The van der Waals surface area contributed by atoms with E-state index in [1.54, 1.807) is 42.5 Å². The summed E-state index contributed by atoms with van der Waals surface area (Å²) in [6, 6.07) is 10.9. The van der Waals surface area contributed by atoms with Gasteiger partial charge in [0.05, 0.1) is 5.92 Å². The molecule has 2 N–H and O–H groups in total. The Bertz CT molecular complexity index is 981. The van der Waals surface area contributed by atoms with Crippen LogP contribution < -0.4 is 10.1 Å². The second-order valence-electron chi connectivity index (χ2n) is 8.89. The molecule has 0 aliphatic heterocycles. The average molecular weight is 524 g/mol. The van der Waals surface area contributed by atoms with Crippen molar-refractivity contribution in [3.8, 4) is 11.5 Å². The molecule has 0 aromatic heterocycles. The summed E-state index contributed by atoms with van der Waals surface area (Å²) in [5, 5.41) is 12.8. The Balaban J connectivity index is 1.86. The Labute approximate surface area is 205 Å². The van der Waals surface area contributed by atoms with Crippen LogP contribution in [0.15, 0.2) is 42.5 Å². The SMILES string of the molecule is CCc1cc(Oc2cccc(C(NCC(O)C(F)(F)F)C3CCCC(C(F)(F)F)C3)c2)ccc1Cl. The number of aliphatic hydroxyl groups is 1. The van der Waals surface area contributed by atoms with Crippen LogP contribution >= 0.6 is 11.6 Å². The second kappa shape index (κ2) is 11.4. The number of ether oxygens (including phenoxy) is 1. The molecule has 0 bridgehead atoms. The summed E-state index contributed by atoms with van der Waals surface area (Å²) in [5.74, 6) is -1.18. The summed E-state index contributed by atoms with van der Waals surface area (Å²) >= 11 is 6.14. The van der Waals surface area contributed by atoms with Gasteiger partial charge in [-0.2, -0.15) is 26.3 Å². The fourth-order valence-electron chi connectivity index (χ4n) is 4.53. The van der Waals surface area contributed by atoms with Crippen molar-refractivity contribution in [2.45, 2.75) is 63.5 Å². The second-order valence-corrected chi connectivity index (χ2v) is 9.30. The molecule has 2 aromatic carbocycles. The lowest BCUT2D eigenvalue weighted by atomic mass is 9.75. The topological polar surface area (TPSA) is 41.5 Å². The standard InChI is InChI=1S/C25H28ClF6NO2/c1-2-15-12-20(9-10-21(15)26)35-19-8-4-6-17(13-19)23(33-14-22(34)25(30,31)32)16-5-3-7-18(11-16)24(27,28)29/h4,6,8-10,12-13,16,18,22-23,33-34H,2-3,5,7,11,14H2,1H3. The van der Waals surface area contributed by atoms with Gasteiger partial charge in [0.2, 0.25) is 0 Å². The number of halogens is 7. The zero-order valence-corrected chi connectivity index (χ0v) is 19.9. The minimum atomic E-state index is -4.84. The van der Waals surface area contributed by atoms with Crippen molar-refractivity contribution in [3.63, 3.8) is 0 Å². The predicted octanol–water partition coefficient (Wildman–Crippen LogP) is 7.62. The number of hydrogen-bond acceptors (Lipinski definition) is 3. The number of hydrogen-bond donors (Lipinski definition) is 2. The van der Waals surface area contributed by atoms with Gasteiger partial charge in [0.1, 0.15) is 11.5 Å². The number of aliphatic hydroxyl groups excluding tert-OH is 1. The minimum Gasteiger partial charge on any atom is -0.457 e. The van der Waals surface area contributed by atoms with Crippen LogP contribution in [0.5, 0.6) is 11.5 Å². The first kappa shape index (κ1) is 27.6. The lowest BCUT2D eigenvalue weighted by Crippen LogP contribution is -2.42. The summed E-state index contributed by atoms with van der Waals surface area (Å²) in [5.41, 5.74) is 1.37. The lowest BCUT2D eigenvalue weighted by molar-refractivity contribution is -0.202. The first-order valence-electron chi connectivity index (χ1n) is 11.5. The van der Waals surface area contributed by atoms with Crippen molar-refractivity contribution in [1.82, 2.24) is 5.32 Å². The molecule has 3 nitrogen and oxygen atoms in total. The molecule has 4 unspecified atom stereocenters. The summed E-state index contributed by atoms with van der Waals surface area (Å²) in [4.78, 5) is 0. The van der Waals surface area contributed by atoms with Gasteiger partial charge in [-0.1, -0.05) is 37.1 Å². The number of rotatable bonds is 8. The van der Waals surface area contributed by atoms with Crippen LogP contribution in [0.4, 0.5) is 26.3 Å². The zero-order chi connectivity index (χ0) is 25.8. The largest absolute Gasteiger partial charge is 0.457 e. The summed E-state index contributed by atoms with van der Waals surface area (Å²) < 4.78 is 84.8. The average Bonchev–Trinajstić information content (AvgIpc) is 2.79. The van der Waals surface area contributed by atoms with E-state index < -0.39 is 42.9 Å². The number of aryl methyl sites for hydroxylation is 1. The van der Waals surface area contributed by atoms with E-state index in [1.807, 2.05) is 6.92 Å². The molecule has 4 atom stereocenters. The van der Waals surface area contributed by atoms with Crippen LogP contribution in [0.25, 0.3) is 0 Å². The van der Waals surface area contributed by atoms with Gasteiger partial charge in [0, 0.05) is 17.6 Å². The van der Waals surface area contributed by atoms with Crippen LogP contribution in [-0.4, -0.2) is 30.1 Å². The lowest BCUT2D eigenvalue weighted by Gasteiger charge is -2.36. The highest BCUT2D eigenvalue weighted by Gasteiger charge is 2.44. The van der Waals surface area contributed by atoms with Crippen LogP contribution in [0.2, 0.25) is 5.02 Å². The van der Waals surface area contributed by atoms with Crippen LogP contribution in [0.3, 0.4) is 0 Å². The quantitative estimate of drug-likeness (QED) is 0.350. The van der Waals surface area contributed by atoms with Crippen molar-refractivity contribution in [2.75, 3.05) is 6.54 Å². The Morgan fingerprint density at radius 3 is 2.43 bits per heavy atom. The molecule has 0 radical (unpaired) electrons. The third-order valence-electron chi connectivity index (χ3n) is 6.41. The van der Waals surface area contributed by atoms with Gasteiger partial charge < -0.3 is 15.2 Å². The molecule has 1 saturated carbocycles. The van der Waals surface area contributed by atoms with E-state index in [4.69, 9.17) is 16.3 Å². The third kappa shape index (κ3) is 7.51. The van der Waals surface area contributed by atoms with Gasteiger partial charge in [-0.3, -0.25) is 0 Å². The van der Waals surface area contributed by atoms with Gasteiger partial charge in [0.25, 0.3) is 0 Å². The molecule has 194 valence electrons. The van der Waals surface area contributed by atoms with E-state index in [9.17, 15) is 31.4 Å². The van der Waals surface area contributed by atoms with E-state index >= 15 is 0 Å². The highest BCUT2D eigenvalue weighted by Crippen LogP contribution is 2.44. The summed E-state index contributed by atoms with van der Waals surface area (Å²) in [7, 11) is 0. The molecule has 0 spiro atoms. The fraction of sp³-hybridized carbons (Fsp3) is 0.520. The predicted molar refractivity (Wildman–Crippen MR) is 122 cm³/mol. The summed E-state index contributed by atoms with van der Waals surface area (Å²) in [6.07, 6.45) is -10.6. The van der Waals surface area contributed by atoms with Gasteiger partial charge in [-0.05, 0) is 73.1 Å². The highest BCUT2D eigenvalue weighted by molar-refractivity contribution is 6.31. The Hall–Kier alpha value is -1.97. The fourth-order valence-corrected chi connectivity index (χ4v) is 4.78. The molecule has 10 heteroatoms. The van der Waals surface area contributed by atoms with Crippen LogP contribution in [0, 0.1) is 11.8 Å². The van der Waals surface area contributed by atoms with E-state index in [0.29, 0.717) is 41.3 Å². The van der Waals surface area contributed by atoms with Crippen molar-refractivity contribution < 1.29 is 36.2 Å². The normalized spacial score (nSPS) is 20.9. The number of benzene rings is 2. The van der Waals surface area contributed by atoms with Gasteiger partial charge in [-0.15, -0.1) is 0 Å². The Kier molecular flexibility index (Phi) is 8.99. The first-order chi connectivity index (χ1) is 16.4. The van der Waals surface area contributed by atoms with Gasteiger partial charge >= 0.3 is 12.4 Å². The smallest absolute Gasteiger partial charge is 0.415 e. The van der Waals surface area contributed by atoms with Crippen molar-refractivity contribution in [2.24, 2.45) is 11.8 Å². The number of nitrogens with one attached hydrogen (secondary N) is 1. The zero-order valence-electron chi connectivity index (χ0n) is 19.1. The Morgan fingerprint density at radius 1 is 1.06 bits per heavy atom. The Morgan fingerprint density at radius 2 is 1.77 bits per heavy atom. The number of alkyl halides is 6. The van der Waals surface area contributed by atoms with E-state index in [1.165, 1.54) is 0 Å². The maximum atomic E-state index is 13.4. The van der Waals surface area contributed by atoms with E-state index in [-0.39, 0.29) is 12.8 Å². The third-order valence-corrected chi connectivity index (χ3v) is 6.78.